The average Bonchev–Trinajstić information content (AvgIpc) is 2.85. The predicted molar refractivity (Wildman–Crippen MR) is 132 cm³/mol. The lowest BCUT2D eigenvalue weighted by Crippen LogP contribution is -2.51. The molecule has 0 fully saturated rings. The van der Waals surface area contributed by atoms with Gasteiger partial charge in [-0.1, -0.05) is 6.07 Å². The number of hydroxylamine groups is 1. The first-order valence-electron chi connectivity index (χ1n) is 11.0. The van der Waals surface area contributed by atoms with Gasteiger partial charge in [0.15, 0.2) is 14.6 Å². The molecule has 1 aromatic carbocycles. The van der Waals surface area contributed by atoms with Crippen LogP contribution in [0.15, 0.2) is 47.7 Å². The van der Waals surface area contributed by atoms with Gasteiger partial charge in [-0.3, -0.25) is 9.59 Å². The van der Waals surface area contributed by atoms with Crippen LogP contribution in [0.5, 0.6) is 0 Å². The Morgan fingerprint density at radius 2 is 1.74 bits per heavy atom. The second-order valence-electron chi connectivity index (χ2n) is 8.85. The fourth-order valence-electron chi connectivity index (χ4n) is 3.40. The van der Waals surface area contributed by atoms with Crippen molar-refractivity contribution in [2.24, 2.45) is 0 Å². The van der Waals surface area contributed by atoms with E-state index in [4.69, 9.17) is 0 Å². The molecule has 1 N–H and O–H groups in total. The van der Waals surface area contributed by atoms with Crippen molar-refractivity contribution in [3.05, 3.63) is 53.2 Å². The number of fused-ring (bicyclic) bond motifs is 1. The van der Waals surface area contributed by atoms with E-state index in [1.807, 2.05) is 14.1 Å². The zero-order valence-corrected chi connectivity index (χ0v) is 21.6. The third kappa shape index (κ3) is 5.93. The van der Waals surface area contributed by atoms with Crippen molar-refractivity contribution >= 4 is 38.4 Å². The summed E-state index contributed by atoms with van der Waals surface area (Å²) in [5, 5.41) is 0.898. The van der Waals surface area contributed by atoms with E-state index in [-0.39, 0.29) is 6.54 Å². The van der Waals surface area contributed by atoms with E-state index in [9.17, 15) is 36.0 Å². The van der Waals surface area contributed by atoms with Crippen LogP contribution in [0.1, 0.15) is 13.3 Å². The van der Waals surface area contributed by atoms with Crippen LogP contribution < -0.4 is 15.9 Å². The summed E-state index contributed by atoms with van der Waals surface area (Å²) in [6, 6.07) is 6.67. The molecule has 2 aromatic heterocycles. The number of halogens is 3. The van der Waals surface area contributed by atoms with Crippen LogP contribution >= 0.6 is 0 Å². The van der Waals surface area contributed by atoms with Gasteiger partial charge in [0.25, 0.3) is 11.5 Å². The van der Waals surface area contributed by atoms with Gasteiger partial charge in [0, 0.05) is 56.4 Å². The smallest absolute Gasteiger partial charge is 0.347 e. The Bertz CT molecular complexity index is 1540. The molecule has 3 rings (SSSR count). The summed E-state index contributed by atoms with van der Waals surface area (Å²) >= 11 is 0. The normalized spacial score (nSPS) is 13.6. The van der Waals surface area contributed by atoms with Crippen molar-refractivity contribution in [1.82, 2.24) is 20.0 Å². The number of nitrogens with zero attached hydrogens (tertiary/aromatic N) is 4. The van der Waals surface area contributed by atoms with Crippen LogP contribution in [0.3, 0.4) is 0 Å². The minimum atomic E-state index is -5.39. The van der Waals surface area contributed by atoms with Crippen molar-refractivity contribution in [2.75, 3.05) is 25.3 Å². The molecule has 0 aliphatic rings. The number of carbonyl (C=O) groups is 2. The first kappa shape index (κ1) is 28.6. The highest BCUT2D eigenvalue weighted by atomic mass is 32.2. The fourth-order valence-corrected chi connectivity index (χ4v) is 4.25. The standard InChI is InChI=1S/C23H24F3N5O6S/c1-22(38(4,35)36,19(33)29-37-20(34)23(24,25)26)8-10-31-9-7-15-11-14(5-6-17(15)18(31)32)16-12-27-21(28-13-16)30(2)3/h5-7,9,11-13H,8,10H2,1-4H3,(H,29,33)/t22-/m1/s1. The molecule has 0 radical (unpaired) electrons. The fraction of sp³-hybridized carbons (Fsp3) is 0.348. The lowest BCUT2D eigenvalue weighted by atomic mass is 10.0. The summed E-state index contributed by atoms with van der Waals surface area (Å²) in [6.45, 7) is 0.682. The van der Waals surface area contributed by atoms with E-state index < -0.39 is 44.6 Å². The van der Waals surface area contributed by atoms with Crippen molar-refractivity contribution in [1.29, 1.82) is 0 Å². The van der Waals surface area contributed by atoms with Gasteiger partial charge in [0.1, 0.15) is 0 Å². The summed E-state index contributed by atoms with van der Waals surface area (Å²) in [5.41, 5.74) is 2.27. The number of rotatable bonds is 7. The molecule has 0 unspecified atom stereocenters. The zero-order chi connectivity index (χ0) is 28.5. The first-order valence-corrected chi connectivity index (χ1v) is 12.8. The number of carbonyl (C=O) groups excluding carboxylic acids is 2. The monoisotopic (exact) mass is 555 g/mol. The van der Waals surface area contributed by atoms with Gasteiger partial charge >= 0.3 is 12.1 Å². The minimum absolute atomic E-state index is 0.277. The lowest BCUT2D eigenvalue weighted by Gasteiger charge is -2.26. The molecule has 0 saturated carbocycles. The summed E-state index contributed by atoms with van der Waals surface area (Å²) in [6.07, 6.45) is -0.486. The molecular weight excluding hydrogens is 531 g/mol. The Morgan fingerprint density at radius 3 is 2.29 bits per heavy atom. The Morgan fingerprint density at radius 1 is 1.11 bits per heavy atom. The van der Waals surface area contributed by atoms with Gasteiger partial charge in [0.2, 0.25) is 5.95 Å². The highest BCUT2D eigenvalue weighted by Crippen LogP contribution is 2.25. The molecule has 0 spiro atoms. The van der Waals surface area contributed by atoms with E-state index in [1.54, 1.807) is 41.6 Å². The summed E-state index contributed by atoms with van der Waals surface area (Å²) in [4.78, 5) is 50.4. The van der Waals surface area contributed by atoms with Crippen molar-refractivity contribution in [2.45, 2.75) is 30.8 Å². The summed E-state index contributed by atoms with van der Waals surface area (Å²) in [5.74, 6) is -3.67. The number of benzene rings is 1. The Hall–Kier alpha value is -4.01. The lowest BCUT2D eigenvalue weighted by molar-refractivity contribution is -0.207. The predicted octanol–water partition coefficient (Wildman–Crippen LogP) is 1.85. The maximum atomic E-state index is 13.0. The Labute approximate surface area is 215 Å². The number of amides is 1. The number of hydrogen-bond donors (Lipinski definition) is 1. The van der Waals surface area contributed by atoms with Gasteiger partial charge in [-0.25, -0.2) is 23.2 Å². The van der Waals surface area contributed by atoms with Gasteiger partial charge in [-0.15, -0.1) is 0 Å². The number of sulfone groups is 1. The number of pyridine rings is 1. The second kappa shape index (κ2) is 10.4. The number of nitrogens with one attached hydrogen (secondary N) is 1. The highest BCUT2D eigenvalue weighted by Gasteiger charge is 2.46. The number of anilines is 1. The van der Waals surface area contributed by atoms with Crippen LogP contribution in [-0.2, 0) is 30.8 Å². The van der Waals surface area contributed by atoms with Gasteiger partial charge in [-0.2, -0.15) is 18.7 Å². The number of alkyl halides is 3. The third-order valence-electron chi connectivity index (χ3n) is 5.94. The maximum Gasteiger partial charge on any atom is 0.493 e. The molecule has 204 valence electrons. The van der Waals surface area contributed by atoms with Crippen LogP contribution in [0.2, 0.25) is 0 Å². The molecule has 15 heteroatoms. The SMILES string of the molecule is CN(C)c1ncc(-c2ccc3c(=O)n(CC[C@](C)(C(=O)NOC(=O)C(F)(F)F)S(C)(=O)=O)ccc3c2)cn1. The van der Waals surface area contributed by atoms with E-state index in [0.717, 1.165) is 18.1 Å². The van der Waals surface area contributed by atoms with E-state index in [2.05, 4.69) is 14.8 Å². The minimum Gasteiger partial charge on any atom is -0.347 e. The van der Waals surface area contributed by atoms with Crippen molar-refractivity contribution in [3.63, 3.8) is 0 Å². The topological polar surface area (TPSA) is 141 Å². The van der Waals surface area contributed by atoms with Gasteiger partial charge in [0.05, 0.1) is 0 Å². The maximum absolute atomic E-state index is 13.0. The van der Waals surface area contributed by atoms with E-state index in [1.165, 1.54) is 16.2 Å². The van der Waals surface area contributed by atoms with Crippen molar-refractivity contribution in [3.8, 4) is 11.1 Å². The van der Waals surface area contributed by atoms with E-state index >= 15 is 0 Å². The largest absolute Gasteiger partial charge is 0.493 e. The number of hydrogen-bond acceptors (Lipinski definition) is 9. The van der Waals surface area contributed by atoms with Crippen LogP contribution in [0.25, 0.3) is 21.9 Å². The number of aryl methyl sites for hydroxylation is 1. The van der Waals surface area contributed by atoms with Crippen molar-refractivity contribution < 1.29 is 36.0 Å². The summed E-state index contributed by atoms with van der Waals surface area (Å²) < 4.78 is 60.6. The number of aromatic nitrogens is 3. The molecule has 3 aromatic rings. The molecule has 2 heterocycles. The van der Waals surface area contributed by atoms with Crippen LogP contribution in [0.4, 0.5) is 19.1 Å². The van der Waals surface area contributed by atoms with Crippen LogP contribution in [0, 0.1) is 0 Å². The molecular formula is C23H24F3N5O6S. The molecule has 0 bridgehead atoms. The Balaban J connectivity index is 1.84. The Kier molecular flexibility index (Phi) is 7.81. The second-order valence-corrected chi connectivity index (χ2v) is 11.3. The first-order chi connectivity index (χ1) is 17.5. The van der Waals surface area contributed by atoms with Gasteiger partial charge in [-0.05, 0) is 42.5 Å². The molecule has 0 saturated heterocycles. The summed E-state index contributed by atoms with van der Waals surface area (Å²) in [7, 11) is -0.614. The molecule has 0 aliphatic carbocycles. The van der Waals surface area contributed by atoms with Gasteiger partial charge < -0.3 is 14.3 Å². The molecule has 38 heavy (non-hydrogen) atoms. The zero-order valence-electron chi connectivity index (χ0n) is 20.7. The third-order valence-corrected chi connectivity index (χ3v) is 7.97. The average molecular weight is 556 g/mol. The molecule has 1 atom stereocenters. The quantitative estimate of drug-likeness (QED) is 0.433. The molecule has 11 nitrogen and oxygen atoms in total. The molecule has 1 amide bonds. The highest BCUT2D eigenvalue weighted by molar-refractivity contribution is 7.92. The van der Waals surface area contributed by atoms with Crippen LogP contribution in [-0.4, -0.2) is 66.1 Å². The van der Waals surface area contributed by atoms with E-state index in [0.29, 0.717) is 23.0 Å². The molecule has 0 aliphatic heterocycles.